The van der Waals surface area contributed by atoms with Gasteiger partial charge in [-0.15, -0.1) is 6.58 Å². The summed E-state index contributed by atoms with van der Waals surface area (Å²) in [5, 5.41) is 10.6. The first-order valence-corrected chi connectivity index (χ1v) is 10.9. The van der Waals surface area contributed by atoms with Gasteiger partial charge in [0.25, 0.3) is 0 Å². The Kier molecular flexibility index (Phi) is 7.84. The number of hydrogen-bond acceptors (Lipinski definition) is 5. The molecule has 158 valence electrons. The maximum absolute atomic E-state index is 12.8. The van der Waals surface area contributed by atoms with E-state index in [1.807, 2.05) is 0 Å². The number of methoxy groups -OCH3 is 2. The highest BCUT2D eigenvalue weighted by Gasteiger charge is 2.35. The van der Waals surface area contributed by atoms with Crippen molar-refractivity contribution in [2.75, 3.05) is 14.2 Å². The Labute approximate surface area is 173 Å². The third-order valence-electron chi connectivity index (χ3n) is 4.67. The molecule has 2 N–H and O–H groups in total. The van der Waals surface area contributed by atoms with Gasteiger partial charge in [0, 0.05) is 12.8 Å². The van der Waals surface area contributed by atoms with E-state index in [2.05, 4.69) is 11.3 Å². The lowest BCUT2D eigenvalue weighted by molar-refractivity contribution is 0.0291. The van der Waals surface area contributed by atoms with Crippen LogP contribution in [-0.4, -0.2) is 38.7 Å². The molecule has 0 fully saturated rings. The number of rotatable bonds is 11. The van der Waals surface area contributed by atoms with Crippen LogP contribution in [0.1, 0.15) is 24.5 Å². The summed E-state index contributed by atoms with van der Waals surface area (Å²) in [4.78, 5) is 0. The molecule has 29 heavy (non-hydrogen) atoms. The smallest absolute Gasteiger partial charge is 0.216 e. The number of hydrogen-bond donors (Lipinski definition) is 2. The van der Waals surface area contributed by atoms with E-state index in [4.69, 9.17) is 9.47 Å². The molecule has 0 unspecified atom stereocenters. The SMILES string of the molecule is C=CC[C@H](C)S(=O)(=O)NC(O)(Cc1ccc(OC)cc1)Cc1ccc(OC)cc1. The molecule has 2 aromatic rings. The number of ether oxygens (including phenoxy) is 2. The van der Waals surface area contributed by atoms with Gasteiger partial charge in [0.1, 0.15) is 17.2 Å². The zero-order valence-corrected chi connectivity index (χ0v) is 17.9. The molecule has 6 nitrogen and oxygen atoms in total. The summed E-state index contributed by atoms with van der Waals surface area (Å²) >= 11 is 0. The van der Waals surface area contributed by atoms with Crippen molar-refractivity contribution in [1.29, 1.82) is 0 Å². The van der Waals surface area contributed by atoms with Crippen molar-refractivity contribution in [3.63, 3.8) is 0 Å². The number of sulfonamides is 1. The fourth-order valence-corrected chi connectivity index (χ4v) is 4.29. The summed E-state index contributed by atoms with van der Waals surface area (Å²) in [7, 11) is -0.619. The molecule has 2 rings (SSSR count). The van der Waals surface area contributed by atoms with E-state index in [0.29, 0.717) is 11.5 Å². The molecule has 0 heterocycles. The molecule has 0 aliphatic carbocycles. The maximum atomic E-state index is 12.8. The van der Waals surface area contributed by atoms with Crippen LogP contribution in [0.2, 0.25) is 0 Å². The van der Waals surface area contributed by atoms with Crippen molar-refractivity contribution < 1.29 is 23.0 Å². The standard InChI is InChI=1S/C22H29NO5S/c1-5-6-17(2)29(25,26)23-22(24,15-18-7-11-20(27-3)12-8-18)16-19-9-13-21(28-4)14-10-19/h5,7-14,17,23-24H,1,6,15-16H2,2-4H3/t17-/m0/s1. The van der Waals surface area contributed by atoms with Crippen molar-refractivity contribution in [2.24, 2.45) is 0 Å². The highest BCUT2D eigenvalue weighted by Crippen LogP contribution is 2.23. The van der Waals surface area contributed by atoms with Gasteiger partial charge < -0.3 is 14.6 Å². The molecular formula is C22H29NO5S. The molecule has 0 aliphatic rings. The van der Waals surface area contributed by atoms with Crippen molar-refractivity contribution >= 4 is 10.0 Å². The van der Waals surface area contributed by atoms with Crippen molar-refractivity contribution in [3.05, 3.63) is 72.3 Å². The lowest BCUT2D eigenvalue weighted by Gasteiger charge is -2.31. The summed E-state index contributed by atoms with van der Waals surface area (Å²) < 4.78 is 38.4. The van der Waals surface area contributed by atoms with Gasteiger partial charge in [-0.25, -0.2) is 8.42 Å². The molecule has 1 atom stereocenters. The third-order valence-corrected chi connectivity index (χ3v) is 6.59. The number of nitrogens with one attached hydrogen (secondary N) is 1. The summed E-state index contributed by atoms with van der Waals surface area (Å²) in [5.74, 6) is 1.38. The van der Waals surface area contributed by atoms with Gasteiger partial charge in [0.2, 0.25) is 10.0 Å². The predicted molar refractivity (Wildman–Crippen MR) is 115 cm³/mol. The largest absolute Gasteiger partial charge is 0.497 e. The first-order chi connectivity index (χ1) is 13.7. The second kappa shape index (κ2) is 9.91. The Balaban J connectivity index is 2.32. The monoisotopic (exact) mass is 419 g/mol. The summed E-state index contributed by atoms with van der Waals surface area (Å²) in [5.41, 5.74) is -0.140. The fraction of sp³-hybridized carbons (Fsp3) is 0.364. The zero-order chi connectivity index (χ0) is 21.5. The Morgan fingerprint density at radius 1 is 1.00 bits per heavy atom. The summed E-state index contributed by atoms with van der Waals surface area (Å²) in [6.07, 6.45) is 2.04. The van der Waals surface area contributed by atoms with Crippen LogP contribution in [0.15, 0.2) is 61.2 Å². The molecular weight excluding hydrogens is 390 g/mol. The normalized spacial score (nSPS) is 13.0. The van der Waals surface area contributed by atoms with Gasteiger partial charge in [0.05, 0.1) is 19.5 Å². The summed E-state index contributed by atoms with van der Waals surface area (Å²) in [6.45, 7) is 5.19. The second-order valence-corrected chi connectivity index (χ2v) is 9.16. The predicted octanol–water partition coefficient (Wildman–Crippen LogP) is 3.06. The van der Waals surface area contributed by atoms with E-state index in [-0.39, 0.29) is 19.3 Å². The molecule has 0 aromatic heterocycles. The molecule has 7 heteroatoms. The molecule has 2 aromatic carbocycles. The van der Waals surface area contributed by atoms with Crippen LogP contribution in [0.3, 0.4) is 0 Å². The van der Waals surface area contributed by atoms with E-state index in [9.17, 15) is 13.5 Å². The van der Waals surface area contributed by atoms with Crippen LogP contribution in [0, 0.1) is 0 Å². The van der Waals surface area contributed by atoms with E-state index in [1.165, 1.54) is 0 Å². The van der Waals surface area contributed by atoms with Gasteiger partial charge in [-0.2, -0.15) is 4.72 Å². The Morgan fingerprint density at radius 2 is 1.41 bits per heavy atom. The van der Waals surface area contributed by atoms with E-state index in [0.717, 1.165) is 11.1 Å². The molecule has 0 radical (unpaired) electrons. The lowest BCUT2D eigenvalue weighted by atomic mass is 9.96. The number of allylic oxidation sites excluding steroid dienone is 1. The fourth-order valence-electron chi connectivity index (χ4n) is 3.02. The Bertz CT molecular complexity index is 842. The van der Waals surface area contributed by atoms with E-state index >= 15 is 0 Å². The molecule has 0 saturated carbocycles. The zero-order valence-electron chi connectivity index (χ0n) is 17.1. The average molecular weight is 420 g/mol. The van der Waals surface area contributed by atoms with Crippen LogP contribution in [0.25, 0.3) is 0 Å². The summed E-state index contributed by atoms with van der Waals surface area (Å²) in [6, 6.07) is 14.3. The first kappa shape index (κ1) is 22.9. The minimum atomic E-state index is -3.77. The van der Waals surface area contributed by atoms with Crippen LogP contribution >= 0.6 is 0 Å². The molecule has 0 amide bonds. The van der Waals surface area contributed by atoms with Gasteiger partial charge in [0.15, 0.2) is 0 Å². The van der Waals surface area contributed by atoms with E-state index < -0.39 is 21.0 Å². The number of aliphatic hydroxyl groups is 1. The van der Waals surface area contributed by atoms with Crippen molar-refractivity contribution in [1.82, 2.24) is 4.72 Å². The third kappa shape index (κ3) is 6.59. The van der Waals surface area contributed by atoms with Gasteiger partial charge >= 0.3 is 0 Å². The van der Waals surface area contributed by atoms with Crippen LogP contribution in [-0.2, 0) is 22.9 Å². The molecule has 0 saturated heterocycles. The molecule has 0 spiro atoms. The maximum Gasteiger partial charge on any atom is 0.216 e. The Morgan fingerprint density at radius 3 is 1.76 bits per heavy atom. The van der Waals surface area contributed by atoms with Crippen LogP contribution in [0.5, 0.6) is 11.5 Å². The van der Waals surface area contributed by atoms with Crippen LogP contribution < -0.4 is 14.2 Å². The lowest BCUT2D eigenvalue weighted by Crippen LogP contribution is -2.53. The average Bonchev–Trinajstić information content (AvgIpc) is 2.68. The highest BCUT2D eigenvalue weighted by molar-refractivity contribution is 7.90. The minimum absolute atomic E-state index is 0.100. The molecule has 0 aliphatic heterocycles. The van der Waals surface area contributed by atoms with Crippen LogP contribution in [0.4, 0.5) is 0 Å². The van der Waals surface area contributed by atoms with Crippen molar-refractivity contribution in [3.8, 4) is 11.5 Å². The highest BCUT2D eigenvalue weighted by atomic mass is 32.2. The van der Waals surface area contributed by atoms with Gasteiger partial charge in [-0.05, 0) is 48.7 Å². The van der Waals surface area contributed by atoms with E-state index in [1.54, 1.807) is 75.8 Å². The topological polar surface area (TPSA) is 84.9 Å². The first-order valence-electron chi connectivity index (χ1n) is 9.33. The quantitative estimate of drug-likeness (QED) is 0.432. The van der Waals surface area contributed by atoms with Gasteiger partial charge in [-0.3, -0.25) is 0 Å². The number of benzene rings is 2. The second-order valence-electron chi connectivity index (χ2n) is 7.06. The molecule has 0 bridgehead atoms. The van der Waals surface area contributed by atoms with Crippen molar-refractivity contribution in [2.45, 2.75) is 37.2 Å². The Hall–Kier alpha value is -2.35. The van der Waals surface area contributed by atoms with Gasteiger partial charge in [-0.1, -0.05) is 30.3 Å². The minimum Gasteiger partial charge on any atom is -0.497 e.